The molecule has 0 unspecified atom stereocenters. The number of anilines is 2. The van der Waals surface area contributed by atoms with Crippen molar-refractivity contribution in [3.63, 3.8) is 0 Å². The van der Waals surface area contributed by atoms with Gasteiger partial charge in [0.2, 0.25) is 0 Å². The molecule has 2 heterocycles. The van der Waals surface area contributed by atoms with Crippen LogP contribution in [-0.4, -0.2) is 23.0 Å². The lowest BCUT2D eigenvalue weighted by molar-refractivity contribution is 0.0601. The summed E-state index contributed by atoms with van der Waals surface area (Å²) in [6, 6.07) is 19.4. The summed E-state index contributed by atoms with van der Waals surface area (Å²) < 4.78 is 4.77. The molecule has 0 aliphatic heterocycles. The van der Waals surface area contributed by atoms with Gasteiger partial charge in [0.15, 0.2) is 0 Å². The molecule has 0 amide bonds. The van der Waals surface area contributed by atoms with E-state index in [1.54, 1.807) is 35.9 Å². The Kier molecular flexibility index (Phi) is 4.33. The van der Waals surface area contributed by atoms with E-state index in [9.17, 15) is 4.79 Å². The second-order valence-corrected chi connectivity index (χ2v) is 6.65. The molecule has 0 bridgehead atoms. The molecule has 26 heavy (non-hydrogen) atoms. The number of carbonyl (C=O) groups excluding carboxylic acids is 1. The number of rotatable bonds is 4. The average Bonchev–Trinajstić information content (AvgIpc) is 3.14. The second-order valence-electron chi connectivity index (χ2n) is 5.62. The van der Waals surface area contributed by atoms with Crippen molar-refractivity contribution in [2.75, 3.05) is 12.4 Å². The fourth-order valence-electron chi connectivity index (χ4n) is 2.68. The van der Waals surface area contributed by atoms with Gasteiger partial charge in [0.1, 0.15) is 17.0 Å². The van der Waals surface area contributed by atoms with Gasteiger partial charge in [0.05, 0.1) is 18.1 Å². The molecule has 0 fully saturated rings. The molecule has 0 saturated carbocycles. The summed E-state index contributed by atoms with van der Waals surface area (Å²) in [5.74, 6) is 0.332. The van der Waals surface area contributed by atoms with E-state index >= 15 is 0 Å². The van der Waals surface area contributed by atoms with Gasteiger partial charge in [0.25, 0.3) is 0 Å². The smallest absolute Gasteiger partial charge is 0.337 e. The van der Waals surface area contributed by atoms with Gasteiger partial charge in [-0.2, -0.15) is 0 Å². The first-order valence-corrected chi connectivity index (χ1v) is 8.81. The Morgan fingerprint density at radius 2 is 1.88 bits per heavy atom. The average molecular weight is 361 g/mol. The van der Waals surface area contributed by atoms with E-state index in [0.717, 1.165) is 26.3 Å². The Hall–Kier alpha value is -3.25. The summed E-state index contributed by atoms with van der Waals surface area (Å²) in [5.41, 5.74) is 2.40. The Labute approximate surface area is 154 Å². The number of ether oxygens (including phenoxy) is 1. The van der Waals surface area contributed by atoms with Gasteiger partial charge in [-0.1, -0.05) is 36.4 Å². The number of hydrogen-bond acceptors (Lipinski definition) is 6. The molecule has 2 aromatic carbocycles. The zero-order valence-electron chi connectivity index (χ0n) is 14.0. The molecular formula is C20H15N3O2S. The van der Waals surface area contributed by atoms with Crippen LogP contribution in [0.3, 0.4) is 0 Å². The van der Waals surface area contributed by atoms with Crippen LogP contribution in [0.5, 0.6) is 0 Å². The van der Waals surface area contributed by atoms with Crippen molar-refractivity contribution in [3.05, 3.63) is 72.6 Å². The number of esters is 1. The monoisotopic (exact) mass is 361 g/mol. The number of methoxy groups -OCH3 is 1. The van der Waals surface area contributed by atoms with Crippen molar-refractivity contribution in [1.29, 1.82) is 0 Å². The van der Waals surface area contributed by atoms with E-state index in [4.69, 9.17) is 4.74 Å². The largest absolute Gasteiger partial charge is 0.465 e. The van der Waals surface area contributed by atoms with Crippen molar-refractivity contribution >= 4 is 39.0 Å². The minimum atomic E-state index is -0.372. The Balaban J connectivity index is 1.71. The van der Waals surface area contributed by atoms with E-state index in [1.807, 2.05) is 24.3 Å². The van der Waals surface area contributed by atoms with Crippen LogP contribution < -0.4 is 5.32 Å². The van der Waals surface area contributed by atoms with Crippen molar-refractivity contribution in [1.82, 2.24) is 9.97 Å². The van der Waals surface area contributed by atoms with Gasteiger partial charge in [-0.15, -0.1) is 11.3 Å². The molecule has 5 nitrogen and oxygen atoms in total. The highest BCUT2D eigenvalue weighted by Gasteiger charge is 2.11. The van der Waals surface area contributed by atoms with Crippen molar-refractivity contribution in [2.24, 2.45) is 0 Å². The zero-order valence-corrected chi connectivity index (χ0v) is 14.8. The Morgan fingerprint density at radius 1 is 1.04 bits per heavy atom. The maximum Gasteiger partial charge on any atom is 0.337 e. The van der Waals surface area contributed by atoms with Crippen LogP contribution in [-0.2, 0) is 4.74 Å². The molecule has 0 saturated heterocycles. The van der Waals surface area contributed by atoms with Gasteiger partial charge in [-0.05, 0) is 29.8 Å². The van der Waals surface area contributed by atoms with E-state index in [-0.39, 0.29) is 5.97 Å². The molecule has 128 valence electrons. The fraction of sp³-hybridized carbons (Fsp3) is 0.0500. The van der Waals surface area contributed by atoms with Crippen LogP contribution in [0.4, 0.5) is 11.5 Å². The van der Waals surface area contributed by atoms with Crippen LogP contribution in [0.15, 0.2) is 67.0 Å². The number of nitrogens with one attached hydrogen (secondary N) is 1. The first kappa shape index (κ1) is 16.2. The first-order chi connectivity index (χ1) is 12.7. The second kappa shape index (κ2) is 6.93. The summed E-state index contributed by atoms with van der Waals surface area (Å²) in [5, 5.41) is 4.22. The number of fused-ring (bicyclic) bond motifs is 1. The van der Waals surface area contributed by atoms with Gasteiger partial charge in [-0.25, -0.2) is 14.8 Å². The first-order valence-electron chi connectivity index (χ1n) is 8.00. The lowest BCUT2D eigenvalue weighted by Gasteiger charge is -2.07. The normalized spacial score (nSPS) is 10.7. The number of hydrogen-bond donors (Lipinski definition) is 1. The summed E-state index contributed by atoms with van der Waals surface area (Å²) in [6.07, 6.45) is 1.54. The highest BCUT2D eigenvalue weighted by atomic mass is 32.1. The zero-order chi connectivity index (χ0) is 17.9. The van der Waals surface area contributed by atoms with Crippen LogP contribution in [0, 0.1) is 0 Å². The van der Waals surface area contributed by atoms with Crippen molar-refractivity contribution in [3.8, 4) is 10.4 Å². The van der Waals surface area contributed by atoms with E-state index in [0.29, 0.717) is 11.4 Å². The standard InChI is InChI=1S/C20H15N3O2S/c1-25-20(24)14-8-5-9-15(10-14)23-18-16-11-17(13-6-3-2-4-7-13)26-19(16)22-12-21-18/h2-12H,1H3,(H,21,22,23). The minimum Gasteiger partial charge on any atom is -0.465 e. The molecule has 4 rings (SSSR count). The highest BCUT2D eigenvalue weighted by molar-refractivity contribution is 7.21. The van der Waals surface area contributed by atoms with Gasteiger partial charge in [-0.3, -0.25) is 0 Å². The molecule has 0 spiro atoms. The maximum atomic E-state index is 11.7. The van der Waals surface area contributed by atoms with Gasteiger partial charge < -0.3 is 10.1 Å². The number of nitrogens with zero attached hydrogens (tertiary/aromatic N) is 2. The summed E-state index contributed by atoms with van der Waals surface area (Å²) in [7, 11) is 1.37. The Morgan fingerprint density at radius 3 is 2.69 bits per heavy atom. The van der Waals surface area contributed by atoms with Gasteiger partial charge >= 0.3 is 5.97 Å². The SMILES string of the molecule is COC(=O)c1cccc(Nc2ncnc3sc(-c4ccccc4)cc23)c1. The quantitative estimate of drug-likeness (QED) is 0.524. The summed E-state index contributed by atoms with van der Waals surface area (Å²) in [4.78, 5) is 22.5. The molecule has 0 aliphatic carbocycles. The summed E-state index contributed by atoms with van der Waals surface area (Å²) >= 11 is 1.62. The van der Waals surface area contributed by atoms with Crippen molar-refractivity contribution < 1.29 is 9.53 Å². The lowest BCUT2D eigenvalue weighted by Crippen LogP contribution is -2.02. The number of carbonyl (C=O) groups is 1. The minimum absolute atomic E-state index is 0.372. The molecule has 6 heteroatoms. The third-order valence-corrected chi connectivity index (χ3v) is 5.03. The van der Waals surface area contributed by atoms with Crippen LogP contribution >= 0.6 is 11.3 Å². The molecule has 2 aromatic heterocycles. The van der Waals surface area contributed by atoms with E-state index in [2.05, 4.69) is 33.5 Å². The highest BCUT2D eigenvalue weighted by Crippen LogP contribution is 2.35. The molecular weight excluding hydrogens is 346 g/mol. The lowest BCUT2D eigenvalue weighted by atomic mass is 10.2. The summed E-state index contributed by atoms with van der Waals surface area (Å²) in [6.45, 7) is 0. The molecule has 0 radical (unpaired) electrons. The third-order valence-electron chi connectivity index (χ3n) is 3.93. The van der Waals surface area contributed by atoms with E-state index < -0.39 is 0 Å². The topological polar surface area (TPSA) is 64.1 Å². The molecule has 4 aromatic rings. The fourth-order valence-corrected chi connectivity index (χ4v) is 3.68. The van der Waals surface area contributed by atoms with Crippen LogP contribution in [0.2, 0.25) is 0 Å². The molecule has 0 aliphatic rings. The third kappa shape index (κ3) is 3.14. The van der Waals surface area contributed by atoms with Crippen LogP contribution in [0.25, 0.3) is 20.7 Å². The molecule has 1 N–H and O–H groups in total. The predicted octanol–water partition coefficient (Wildman–Crippen LogP) is 4.89. The molecule has 0 atom stereocenters. The van der Waals surface area contributed by atoms with E-state index in [1.165, 1.54) is 7.11 Å². The number of thiophene rings is 1. The maximum absolute atomic E-state index is 11.7. The number of benzene rings is 2. The Bertz CT molecular complexity index is 1080. The van der Waals surface area contributed by atoms with Crippen LogP contribution in [0.1, 0.15) is 10.4 Å². The predicted molar refractivity (Wildman–Crippen MR) is 104 cm³/mol. The van der Waals surface area contributed by atoms with Crippen molar-refractivity contribution in [2.45, 2.75) is 0 Å². The van der Waals surface area contributed by atoms with Gasteiger partial charge in [0, 0.05) is 10.6 Å². The number of aromatic nitrogens is 2.